The van der Waals surface area contributed by atoms with E-state index in [0.29, 0.717) is 19.5 Å². The number of hydrogen-bond donors (Lipinski definition) is 1. The summed E-state index contributed by atoms with van der Waals surface area (Å²) in [6, 6.07) is 8.01. The fraction of sp³-hybridized carbons (Fsp3) is 0.533. The van der Waals surface area contributed by atoms with Crippen LogP contribution in [0.3, 0.4) is 0 Å². The van der Waals surface area contributed by atoms with Gasteiger partial charge in [-0.15, -0.1) is 0 Å². The molecule has 1 aromatic rings. The van der Waals surface area contributed by atoms with E-state index in [1.807, 2.05) is 38.2 Å². The minimum absolute atomic E-state index is 0.0316. The molecule has 1 aromatic carbocycles. The molecule has 0 bridgehead atoms. The maximum Gasteiger partial charge on any atom is 0.226 e. The van der Waals surface area contributed by atoms with Crippen LogP contribution in [0, 0.1) is 12.3 Å². The third-order valence-corrected chi connectivity index (χ3v) is 3.25. The molecule has 2 N–H and O–H groups in total. The van der Waals surface area contributed by atoms with Crippen molar-refractivity contribution in [2.45, 2.75) is 27.2 Å². The maximum absolute atomic E-state index is 12.1. The Hall–Kier alpha value is -1.35. The van der Waals surface area contributed by atoms with Crippen LogP contribution in [-0.2, 0) is 11.2 Å². The van der Waals surface area contributed by atoms with E-state index in [2.05, 4.69) is 13.8 Å². The smallest absolute Gasteiger partial charge is 0.226 e. The Bertz CT molecular complexity index is 413. The average Bonchev–Trinajstić information content (AvgIpc) is 2.31. The first-order valence-corrected chi connectivity index (χ1v) is 6.34. The summed E-state index contributed by atoms with van der Waals surface area (Å²) >= 11 is 0. The Morgan fingerprint density at radius 3 is 2.50 bits per heavy atom. The minimum Gasteiger partial charge on any atom is -0.345 e. The Kier molecular flexibility index (Phi) is 4.91. The van der Waals surface area contributed by atoms with Crippen molar-refractivity contribution < 1.29 is 4.79 Å². The topological polar surface area (TPSA) is 46.3 Å². The third kappa shape index (κ3) is 4.15. The normalized spacial score (nSPS) is 11.4. The van der Waals surface area contributed by atoms with Gasteiger partial charge in [0.25, 0.3) is 0 Å². The van der Waals surface area contributed by atoms with Gasteiger partial charge in [-0.05, 0) is 30.0 Å². The second kappa shape index (κ2) is 6.01. The van der Waals surface area contributed by atoms with Crippen LogP contribution in [0.1, 0.15) is 25.0 Å². The zero-order chi connectivity index (χ0) is 13.8. The molecule has 1 rings (SSSR count). The van der Waals surface area contributed by atoms with Crippen molar-refractivity contribution in [1.29, 1.82) is 0 Å². The molecule has 0 unspecified atom stereocenters. The first-order chi connectivity index (χ1) is 8.35. The standard InChI is InChI=1S/C15H24N2O/c1-12-7-5-6-8-13(12)9-14(18)17(4)11-15(2,3)10-16/h5-8H,9-11,16H2,1-4H3. The molecule has 0 saturated heterocycles. The third-order valence-electron chi connectivity index (χ3n) is 3.25. The van der Waals surface area contributed by atoms with E-state index in [4.69, 9.17) is 5.73 Å². The Balaban J connectivity index is 2.64. The molecule has 0 aliphatic rings. The number of rotatable bonds is 5. The van der Waals surface area contributed by atoms with Gasteiger partial charge >= 0.3 is 0 Å². The molecule has 0 radical (unpaired) electrons. The fourth-order valence-corrected chi connectivity index (χ4v) is 1.90. The van der Waals surface area contributed by atoms with Gasteiger partial charge in [-0.2, -0.15) is 0 Å². The lowest BCUT2D eigenvalue weighted by Gasteiger charge is -2.29. The SMILES string of the molecule is Cc1ccccc1CC(=O)N(C)CC(C)(C)CN. The number of benzene rings is 1. The second-order valence-corrected chi connectivity index (χ2v) is 5.72. The van der Waals surface area contributed by atoms with Crippen molar-refractivity contribution in [3.05, 3.63) is 35.4 Å². The lowest BCUT2D eigenvalue weighted by atomic mass is 9.93. The van der Waals surface area contributed by atoms with Gasteiger partial charge in [0.15, 0.2) is 0 Å². The summed E-state index contributed by atoms with van der Waals surface area (Å²) in [4.78, 5) is 13.9. The quantitative estimate of drug-likeness (QED) is 0.866. The van der Waals surface area contributed by atoms with Gasteiger partial charge in [-0.25, -0.2) is 0 Å². The van der Waals surface area contributed by atoms with Crippen LogP contribution in [0.4, 0.5) is 0 Å². The summed E-state index contributed by atoms with van der Waals surface area (Å²) in [5.41, 5.74) is 7.92. The lowest BCUT2D eigenvalue weighted by molar-refractivity contribution is -0.130. The van der Waals surface area contributed by atoms with E-state index in [9.17, 15) is 4.79 Å². The van der Waals surface area contributed by atoms with Crippen LogP contribution in [0.5, 0.6) is 0 Å². The number of hydrogen-bond acceptors (Lipinski definition) is 2. The number of amides is 1. The number of nitrogens with zero attached hydrogens (tertiary/aromatic N) is 1. The molecule has 0 aliphatic carbocycles. The predicted octanol–water partition coefficient (Wildman–Crippen LogP) is 1.98. The van der Waals surface area contributed by atoms with E-state index >= 15 is 0 Å². The predicted molar refractivity (Wildman–Crippen MR) is 75.4 cm³/mol. The van der Waals surface area contributed by atoms with Gasteiger partial charge in [-0.3, -0.25) is 4.79 Å². The minimum atomic E-state index is -0.0316. The van der Waals surface area contributed by atoms with Gasteiger partial charge in [0.2, 0.25) is 5.91 Å². The second-order valence-electron chi connectivity index (χ2n) is 5.72. The molecule has 3 nitrogen and oxygen atoms in total. The molecule has 0 fully saturated rings. The summed E-state index contributed by atoms with van der Waals surface area (Å²) < 4.78 is 0. The highest BCUT2D eigenvalue weighted by Gasteiger charge is 2.21. The van der Waals surface area contributed by atoms with Crippen LogP contribution in [-0.4, -0.2) is 30.9 Å². The molecule has 0 aromatic heterocycles. The van der Waals surface area contributed by atoms with Gasteiger partial charge < -0.3 is 10.6 Å². The highest BCUT2D eigenvalue weighted by molar-refractivity contribution is 5.78. The largest absolute Gasteiger partial charge is 0.345 e. The summed E-state index contributed by atoms with van der Waals surface area (Å²) in [7, 11) is 1.85. The molecule has 3 heteroatoms. The molecule has 18 heavy (non-hydrogen) atoms. The van der Waals surface area contributed by atoms with Crippen molar-refractivity contribution in [3.8, 4) is 0 Å². The van der Waals surface area contributed by atoms with E-state index in [1.165, 1.54) is 0 Å². The van der Waals surface area contributed by atoms with Crippen LogP contribution < -0.4 is 5.73 Å². The Labute approximate surface area is 110 Å². The van der Waals surface area contributed by atoms with Gasteiger partial charge in [0.1, 0.15) is 0 Å². The monoisotopic (exact) mass is 248 g/mol. The van der Waals surface area contributed by atoms with Gasteiger partial charge in [0.05, 0.1) is 6.42 Å². The first-order valence-electron chi connectivity index (χ1n) is 6.34. The van der Waals surface area contributed by atoms with Gasteiger partial charge in [-0.1, -0.05) is 38.1 Å². The fourth-order valence-electron chi connectivity index (χ4n) is 1.90. The molecule has 1 amide bonds. The van der Waals surface area contributed by atoms with Crippen molar-refractivity contribution in [2.75, 3.05) is 20.1 Å². The summed E-state index contributed by atoms with van der Waals surface area (Å²) in [5.74, 6) is 0.144. The highest BCUT2D eigenvalue weighted by atomic mass is 16.2. The van der Waals surface area contributed by atoms with Gasteiger partial charge in [0, 0.05) is 13.6 Å². The Morgan fingerprint density at radius 1 is 1.33 bits per heavy atom. The average molecular weight is 248 g/mol. The number of likely N-dealkylation sites (N-methyl/N-ethyl adjacent to an activating group) is 1. The molecule has 100 valence electrons. The summed E-state index contributed by atoms with van der Waals surface area (Å²) in [6.07, 6.45) is 0.462. The lowest BCUT2D eigenvalue weighted by Crippen LogP contribution is -2.40. The number of carbonyl (C=O) groups excluding carboxylic acids is 1. The molecular formula is C15H24N2O. The van der Waals surface area contributed by atoms with Crippen molar-refractivity contribution in [3.63, 3.8) is 0 Å². The number of carbonyl (C=O) groups is 1. The first kappa shape index (κ1) is 14.7. The molecule has 0 atom stereocenters. The van der Waals surface area contributed by atoms with E-state index in [1.54, 1.807) is 4.90 Å². The molecule has 0 aliphatic heterocycles. The van der Waals surface area contributed by atoms with Crippen molar-refractivity contribution in [1.82, 2.24) is 4.90 Å². The van der Waals surface area contributed by atoms with E-state index < -0.39 is 0 Å². The zero-order valence-electron chi connectivity index (χ0n) is 11.9. The van der Waals surface area contributed by atoms with E-state index in [-0.39, 0.29) is 11.3 Å². The molecular weight excluding hydrogens is 224 g/mol. The number of aryl methyl sites for hydroxylation is 1. The van der Waals surface area contributed by atoms with Crippen molar-refractivity contribution >= 4 is 5.91 Å². The molecule has 0 saturated carbocycles. The van der Waals surface area contributed by atoms with Crippen LogP contribution in [0.2, 0.25) is 0 Å². The van der Waals surface area contributed by atoms with Crippen LogP contribution >= 0.6 is 0 Å². The summed E-state index contributed by atoms with van der Waals surface area (Å²) in [6.45, 7) is 7.45. The van der Waals surface area contributed by atoms with Crippen molar-refractivity contribution in [2.24, 2.45) is 11.1 Å². The van der Waals surface area contributed by atoms with Crippen LogP contribution in [0.25, 0.3) is 0 Å². The van der Waals surface area contributed by atoms with Crippen LogP contribution in [0.15, 0.2) is 24.3 Å². The Morgan fingerprint density at radius 2 is 1.94 bits per heavy atom. The molecule has 0 spiro atoms. The van der Waals surface area contributed by atoms with E-state index in [0.717, 1.165) is 11.1 Å². The molecule has 0 heterocycles. The highest BCUT2D eigenvalue weighted by Crippen LogP contribution is 2.15. The summed E-state index contributed by atoms with van der Waals surface area (Å²) in [5, 5.41) is 0. The maximum atomic E-state index is 12.1. The number of nitrogens with two attached hydrogens (primary N) is 1. The zero-order valence-corrected chi connectivity index (χ0v) is 11.9.